The number of ether oxygens (including phenoxy) is 3. The van der Waals surface area contributed by atoms with E-state index in [9.17, 15) is 4.79 Å². The van der Waals surface area contributed by atoms with Crippen LogP contribution in [0.2, 0.25) is 0 Å². The highest BCUT2D eigenvalue weighted by molar-refractivity contribution is 5.74. The zero-order valence-corrected chi connectivity index (χ0v) is 20.0. The van der Waals surface area contributed by atoms with Crippen molar-refractivity contribution >= 4 is 6.09 Å². The zero-order chi connectivity index (χ0) is 23.2. The highest BCUT2D eigenvalue weighted by Crippen LogP contribution is 2.47. The van der Waals surface area contributed by atoms with Gasteiger partial charge < -0.3 is 19.5 Å². The van der Waals surface area contributed by atoms with Gasteiger partial charge in [-0.1, -0.05) is 32.0 Å². The maximum Gasteiger partial charge on any atom is 0.407 e. The Morgan fingerprint density at radius 2 is 1.85 bits per heavy atom. The van der Waals surface area contributed by atoms with Crippen LogP contribution in [0, 0.1) is 11.3 Å². The van der Waals surface area contributed by atoms with Crippen LogP contribution in [0.5, 0.6) is 11.5 Å². The summed E-state index contributed by atoms with van der Waals surface area (Å²) in [5.41, 5.74) is 4.38. The monoisotopic (exact) mass is 450 g/mol. The van der Waals surface area contributed by atoms with Gasteiger partial charge in [0.25, 0.3) is 0 Å². The van der Waals surface area contributed by atoms with Gasteiger partial charge in [0.1, 0.15) is 17.6 Å². The molecule has 4 aliphatic rings. The molecule has 176 valence electrons. The number of fused-ring (bicyclic) bond motifs is 4. The second kappa shape index (κ2) is 8.56. The molecule has 6 rings (SSSR count). The van der Waals surface area contributed by atoms with E-state index in [1.807, 2.05) is 18.2 Å². The number of carbonyl (C=O) groups excluding carboxylic acids is 1. The Morgan fingerprint density at radius 1 is 1.06 bits per heavy atom. The Kier molecular flexibility index (Phi) is 5.73. The molecule has 2 aromatic carbocycles. The van der Waals surface area contributed by atoms with Gasteiger partial charge in [-0.2, -0.15) is 0 Å². The Hall–Kier alpha value is -2.73. The Labute approximate surface area is 196 Å². The molecular weight excluding hydrogens is 416 g/mol. The fraction of sp³-hybridized carbons (Fsp3) is 0.519. The van der Waals surface area contributed by atoms with Gasteiger partial charge in [-0.05, 0) is 78.6 Å². The number of hydrogen-bond donors (Lipinski definition) is 1. The number of hydrogen-bond acceptors (Lipinski definition) is 5. The number of piperidine rings is 3. The molecule has 1 N–H and O–H groups in total. The van der Waals surface area contributed by atoms with Crippen LogP contribution in [0.1, 0.15) is 43.9 Å². The lowest BCUT2D eigenvalue weighted by Crippen LogP contribution is -2.53. The van der Waals surface area contributed by atoms with Crippen LogP contribution >= 0.6 is 0 Å². The van der Waals surface area contributed by atoms with E-state index in [4.69, 9.17) is 14.2 Å². The van der Waals surface area contributed by atoms with Crippen molar-refractivity contribution in [3.05, 3.63) is 47.5 Å². The molecule has 2 atom stereocenters. The molecule has 0 radical (unpaired) electrons. The molecule has 33 heavy (non-hydrogen) atoms. The molecule has 2 aromatic rings. The van der Waals surface area contributed by atoms with E-state index in [1.165, 1.54) is 5.56 Å². The van der Waals surface area contributed by atoms with E-state index in [0.717, 1.165) is 67.1 Å². The third-order valence-electron chi connectivity index (χ3n) is 7.72. The van der Waals surface area contributed by atoms with Crippen molar-refractivity contribution in [1.82, 2.24) is 10.2 Å². The zero-order valence-electron chi connectivity index (χ0n) is 20.0. The maximum atomic E-state index is 12.9. The molecule has 6 nitrogen and oxygen atoms in total. The third-order valence-corrected chi connectivity index (χ3v) is 7.72. The summed E-state index contributed by atoms with van der Waals surface area (Å²) in [6.07, 6.45) is 2.86. The molecule has 0 aromatic heterocycles. The molecule has 1 aliphatic carbocycles. The summed E-state index contributed by atoms with van der Waals surface area (Å²) in [5.74, 6) is 2.11. The normalized spacial score (nSPS) is 27.0. The molecular formula is C27H34N2O4. The van der Waals surface area contributed by atoms with E-state index < -0.39 is 0 Å². The molecule has 3 heterocycles. The van der Waals surface area contributed by atoms with Gasteiger partial charge in [0, 0.05) is 12.1 Å². The fourth-order valence-electron chi connectivity index (χ4n) is 5.87. The van der Waals surface area contributed by atoms with Crippen LogP contribution in [-0.2, 0) is 11.2 Å². The highest BCUT2D eigenvalue weighted by atomic mass is 16.6. The average Bonchev–Trinajstić information content (AvgIpc) is 3.07. The summed E-state index contributed by atoms with van der Waals surface area (Å²) in [4.78, 5) is 15.3. The summed E-state index contributed by atoms with van der Waals surface area (Å²) in [7, 11) is 3.35. The third kappa shape index (κ3) is 4.17. The number of alkyl carbamates (subject to hydrolysis) is 1. The van der Waals surface area contributed by atoms with E-state index >= 15 is 0 Å². The number of benzene rings is 2. The average molecular weight is 451 g/mol. The lowest BCUT2D eigenvalue weighted by Gasteiger charge is -2.44. The van der Waals surface area contributed by atoms with Gasteiger partial charge in [0.2, 0.25) is 0 Å². The smallest absolute Gasteiger partial charge is 0.407 e. The molecule has 2 bridgehead atoms. The first kappa shape index (κ1) is 22.1. The van der Waals surface area contributed by atoms with Gasteiger partial charge in [-0.15, -0.1) is 0 Å². The number of nitrogens with zero attached hydrogens (tertiary/aromatic N) is 1. The van der Waals surface area contributed by atoms with Crippen LogP contribution < -0.4 is 14.8 Å². The topological polar surface area (TPSA) is 60.0 Å². The number of nitrogens with one attached hydrogen (secondary N) is 1. The number of carbonyl (C=O) groups is 1. The van der Waals surface area contributed by atoms with Gasteiger partial charge in [-0.25, -0.2) is 4.79 Å². The van der Waals surface area contributed by atoms with Crippen LogP contribution in [0.25, 0.3) is 11.1 Å². The first-order valence-electron chi connectivity index (χ1n) is 11.9. The second-order valence-corrected chi connectivity index (χ2v) is 10.3. The summed E-state index contributed by atoms with van der Waals surface area (Å²) in [6, 6.07) is 12.2. The fourth-order valence-corrected chi connectivity index (χ4v) is 5.87. The van der Waals surface area contributed by atoms with Crippen molar-refractivity contribution in [3.63, 3.8) is 0 Å². The van der Waals surface area contributed by atoms with Crippen LogP contribution in [0.15, 0.2) is 36.4 Å². The van der Waals surface area contributed by atoms with Crippen molar-refractivity contribution in [3.8, 4) is 22.6 Å². The van der Waals surface area contributed by atoms with Crippen LogP contribution in [-0.4, -0.2) is 51.0 Å². The predicted molar refractivity (Wildman–Crippen MR) is 128 cm³/mol. The Morgan fingerprint density at radius 3 is 2.52 bits per heavy atom. The number of amides is 1. The van der Waals surface area contributed by atoms with Gasteiger partial charge in [0.15, 0.2) is 0 Å². The molecule has 0 saturated carbocycles. The van der Waals surface area contributed by atoms with Crippen molar-refractivity contribution < 1.29 is 19.0 Å². The molecule has 3 aliphatic heterocycles. The van der Waals surface area contributed by atoms with Gasteiger partial charge >= 0.3 is 6.09 Å². The SMILES string of the molecule is COc1ccc(OC)c(-c2ccc3c(c2)CC(C)(C)C3NC(=O)O[C@@H]2CN3CCC2CC3)c1. The van der Waals surface area contributed by atoms with E-state index in [2.05, 4.69) is 42.3 Å². The van der Waals surface area contributed by atoms with Crippen molar-refractivity contribution in [2.24, 2.45) is 11.3 Å². The van der Waals surface area contributed by atoms with E-state index in [1.54, 1.807) is 14.2 Å². The van der Waals surface area contributed by atoms with Crippen LogP contribution in [0.4, 0.5) is 4.79 Å². The molecule has 3 saturated heterocycles. The molecule has 3 fully saturated rings. The summed E-state index contributed by atoms with van der Waals surface area (Å²) >= 11 is 0. The first-order chi connectivity index (χ1) is 15.9. The second-order valence-electron chi connectivity index (χ2n) is 10.3. The summed E-state index contributed by atoms with van der Waals surface area (Å²) in [6.45, 7) is 7.55. The summed E-state index contributed by atoms with van der Waals surface area (Å²) < 4.78 is 16.9. The van der Waals surface area contributed by atoms with Crippen molar-refractivity contribution in [2.75, 3.05) is 33.9 Å². The van der Waals surface area contributed by atoms with E-state index in [0.29, 0.717) is 5.92 Å². The van der Waals surface area contributed by atoms with Gasteiger partial charge in [0.05, 0.1) is 20.3 Å². The first-order valence-corrected chi connectivity index (χ1v) is 11.9. The van der Waals surface area contributed by atoms with Gasteiger partial charge in [-0.3, -0.25) is 4.90 Å². The minimum Gasteiger partial charge on any atom is -0.497 e. The minimum atomic E-state index is -0.293. The quantitative estimate of drug-likeness (QED) is 0.708. The van der Waals surface area contributed by atoms with Crippen molar-refractivity contribution in [1.29, 1.82) is 0 Å². The highest BCUT2D eigenvalue weighted by Gasteiger charge is 2.42. The summed E-state index contributed by atoms with van der Waals surface area (Å²) in [5, 5.41) is 3.21. The predicted octanol–water partition coefficient (Wildman–Crippen LogP) is 4.81. The lowest BCUT2D eigenvalue weighted by atomic mass is 9.85. The Balaban J connectivity index is 1.36. The van der Waals surface area contributed by atoms with E-state index in [-0.39, 0.29) is 23.7 Å². The maximum absolute atomic E-state index is 12.9. The number of methoxy groups -OCH3 is 2. The lowest BCUT2D eigenvalue weighted by molar-refractivity contribution is -0.0348. The standard InChI is InChI=1S/C27H34N2O4/c1-27(2)15-19-13-18(22-14-20(31-3)6-8-23(22)32-4)5-7-21(19)25(27)28-26(30)33-24-16-29-11-9-17(24)10-12-29/h5-8,13-14,17,24-25H,9-12,15-16H2,1-4H3,(H,28,30)/t24-,25?/m1/s1. The molecule has 1 unspecified atom stereocenters. The minimum absolute atomic E-state index is 0.0133. The molecule has 0 spiro atoms. The largest absolute Gasteiger partial charge is 0.497 e. The Bertz CT molecular complexity index is 1040. The molecule has 6 heteroatoms. The molecule has 1 amide bonds. The van der Waals surface area contributed by atoms with Crippen molar-refractivity contribution in [2.45, 2.75) is 45.3 Å². The number of rotatable bonds is 5. The van der Waals surface area contributed by atoms with Crippen LogP contribution in [0.3, 0.4) is 0 Å².